The summed E-state index contributed by atoms with van der Waals surface area (Å²) in [7, 11) is -5.92. The lowest BCUT2D eigenvalue weighted by Crippen LogP contribution is -2.29. The quantitative estimate of drug-likeness (QED) is 0.00980. The second-order valence-corrected chi connectivity index (χ2v) is 41.3. The number of anilines is 4. The van der Waals surface area contributed by atoms with Crippen molar-refractivity contribution in [1.82, 2.24) is 13.9 Å². The molecule has 2 aliphatic heterocycles. The van der Waals surface area contributed by atoms with Crippen LogP contribution < -0.4 is 34.4 Å². The molecule has 1 atom stereocenters. The molecule has 0 aromatic heterocycles. The summed E-state index contributed by atoms with van der Waals surface area (Å²) in [5.41, 5.74) is 13.4. The zero-order valence-corrected chi connectivity index (χ0v) is 78.2. The zero-order chi connectivity index (χ0) is 88.1. The topological polar surface area (TPSA) is 124 Å². The lowest BCUT2D eigenvalue weighted by atomic mass is 9.93. The van der Waals surface area contributed by atoms with Crippen molar-refractivity contribution in [3.8, 4) is 44.9 Å². The van der Waals surface area contributed by atoms with E-state index in [0.717, 1.165) is 200 Å². The Morgan fingerprint density at radius 3 is 1.14 bits per heavy atom. The standard InChI is InChI=1S/C57H60N3O3S3.C53H52N3O3S3/c1-3-5-22-44(4-2)43-58-66(61,62)56-32-19-18-31-53(56)57-51-35-33-47(59(45-23-10-6-11-24-45)37-20-39-64-49-27-14-8-15-28-49)41-54(51)63-55-42-48(34-36-52(55)57)60(46-25-12-7-13-26-46)38-21-40-65-50-29-16-9-17-30-50;1-3-62(4-2,59-54-57)52-30-18-17-29-49(52)53-47-33-31-43(55(41-21-9-5-10-22-41)35-19-37-60-45-25-13-7-14-26-45)39-50(47)58-51-40-44(32-34-48(51)53)56(42-23-11-6-12-24-42)36-20-38-61-46-27-15-8-16-28-46/h6-19,23-36,41-42,44,58H,3-5,20-22,37-40,43H2,1-2H3;5-18,21-34,39-40H,3-4,19-20,35-38H2,1-2H3/q2*+1. The highest BCUT2D eigenvalue weighted by Crippen LogP contribution is 2.61. The van der Waals surface area contributed by atoms with Gasteiger partial charge < -0.3 is 22.9 Å². The molecule has 12 nitrogen and oxygen atoms in total. The van der Waals surface area contributed by atoms with Gasteiger partial charge in [0.2, 0.25) is 32.1 Å². The monoisotopic (exact) mass is 1800 g/mol. The molecule has 12 aromatic rings. The Balaban J connectivity index is 0.000000197. The summed E-state index contributed by atoms with van der Waals surface area (Å²) < 4.78 is 56.7. The number of nitrogens with one attached hydrogen (secondary N) is 1. The minimum Gasteiger partial charge on any atom is -0.456 e. The first kappa shape index (κ1) is 91.4. The molecule has 0 spiro atoms. The molecule has 0 radical (unpaired) electrons. The van der Waals surface area contributed by atoms with Gasteiger partial charge in [0.25, 0.3) is 0 Å². The summed E-state index contributed by atoms with van der Waals surface area (Å²) in [5.74, 6) is 7.01. The Morgan fingerprint density at radius 1 is 0.383 bits per heavy atom. The lowest BCUT2D eigenvalue weighted by Gasteiger charge is -2.35. The Hall–Kier alpha value is -11.3. The van der Waals surface area contributed by atoms with Crippen molar-refractivity contribution < 1.29 is 21.5 Å². The second-order valence-electron chi connectivity index (χ2n) is 31.5. The van der Waals surface area contributed by atoms with Gasteiger partial charge in [-0.05, 0) is 174 Å². The molecular formula is C110H112N6O6S6+2. The van der Waals surface area contributed by atoms with Crippen molar-refractivity contribution >= 4 is 123 Å². The van der Waals surface area contributed by atoms with Gasteiger partial charge in [0, 0.05) is 190 Å². The molecule has 18 heteroatoms. The summed E-state index contributed by atoms with van der Waals surface area (Å²) in [5, 5.41) is 6.96. The molecule has 16 rings (SSSR count). The molecule has 1 unspecified atom stereocenters. The summed E-state index contributed by atoms with van der Waals surface area (Å²) in [6, 6.07) is 126. The molecule has 2 aliphatic carbocycles. The van der Waals surface area contributed by atoms with Gasteiger partial charge in [-0.25, -0.2) is 13.1 Å². The van der Waals surface area contributed by atoms with E-state index < -0.39 is 20.3 Å². The fourth-order valence-electron chi connectivity index (χ4n) is 16.6. The van der Waals surface area contributed by atoms with Gasteiger partial charge in [0.15, 0.2) is 5.34 Å². The van der Waals surface area contributed by atoms with Crippen LogP contribution in [0.15, 0.2) is 408 Å². The number of fused-ring (bicyclic) bond motifs is 4. The van der Waals surface area contributed by atoms with Gasteiger partial charge >= 0.3 is 0 Å². The number of hydrogen-bond donors (Lipinski definition) is 1. The van der Waals surface area contributed by atoms with Crippen LogP contribution in [0.4, 0.5) is 34.1 Å². The van der Waals surface area contributed by atoms with Gasteiger partial charge in [0.05, 0.1) is 17.0 Å². The van der Waals surface area contributed by atoms with Crippen molar-refractivity contribution in [2.24, 2.45) is 11.3 Å². The molecule has 652 valence electrons. The maximum Gasteiger partial charge on any atom is 0.241 e. The van der Waals surface area contributed by atoms with E-state index in [4.69, 9.17) is 13.1 Å². The number of sulfonamides is 1. The van der Waals surface area contributed by atoms with Crippen LogP contribution in [0.2, 0.25) is 0 Å². The SMILES string of the molecule is CCCCC(CC)CNS(=O)(=O)c1ccccc1-c1c2ccc(=[N+](CCCSc3ccccc3)c3ccccc3)cc-2oc2cc(N(CCCSc3ccccc3)c3ccccc3)ccc12.CCS(CC)(ON=O)c1ccccc1-c1c2ccc(=[N+](CCCSc3ccccc3)c3ccccc3)cc-2oc2cc(N(CCCSc3ccccc3)c3ccccc3)ccc12. The van der Waals surface area contributed by atoms with Gasteiger partial charge in [-0.3, -0.25) is 0 Å². The van der Waals surface area contributed by atoms with Crippen LogP contribution in [0.25, 0.3) is 66.8 Å². The van der Waals surface area contributed by atoms with Crippen LogP contribution in [0.3, 0.4) is 0 Å². The summed E-state index contributed by atoms with van der Waals surface area (Å²) in [6.45, 7) is 12.2. The number of nitrogens with zero attached hydrogens (tertiary/aromatic N) is 5. The number of thioether (sulfide) groups is 4. The Kier molecular flexibility index (Phi) is 32.9. The number of benzene rings is 14. The Bertz CT molecular complexity index is 6440. The van der Waals surface area contributed by atoms with E-state index in [-0.39, 0.29) is 10.8 Å². The minimum atomic E-state index is -3.89. The second kappa shape index (κ2) is 46.1. The molecule has 0 amide bonds. The Labute approximate surface area is 773 Å². The van der Waals surface area contributed by atoms with Crippen LogP contribution in [0.1, 0.15) is 79.1 Å². The predicted octanol–water partition coefficient (Wildman–Crippen LogP) is 28.9. The first-order valence-electron chi connectivity index (χ1n) is 44.7. The van der Waals surface area contributed by atoms with E-state index in [1.807, 2.05) is 83.4 Å². The molecule has 2 heterocycles. The molecule has 0 saturated carbocycles. The lowest BCUT2D eigenvalue weighted by molar-refractivity contribution is 0.377. The predicted molar refractivity (Wildman–Crippen MR) is 545 cm³/mol. The number of hydrogen-bond acceptors (Lipinski definition) is 13. The van der Waals surface area contributed by atoms with Crippen LogP contribution in [0.5, 0.6) is 0 Å². The van der Waals surface area contributed by atoms with E-state index in [9.17, 15) is 13.3 Å². The third kappa shape index (κ3) is 23.2. The first-order chi connectivity index (χ1) is 63.0. The number of unbranched alkanes of at least 4 members (excludes halogenated alkanes) is 1. The zero-order valence-electron chi connectivity index (χ0n) is 73.3. The van der Waals surface area contributed by atoms with Crippen LogP contribution in [-0.2, 0) is 14.3 Å². The number of para-hydroxylation sites is 4. The molecule has 12 aromatic carbocycles. The van der Waals surface area contributed by atoms with E-state index >= 15 is 0 Å². The minimum absolute atomic E-state index is 0.265. The third-order valence-corrected chi connectivity index (χ3v) is 32.5. The highest BCUT2D eigenvalue weighted by atomic mass is 32.3. The normalized spacial score (nSPS) is 12.5. The fraction of sp³-hybridized carbons (Fsp3) is 0.218. The summed E-state index contributed by atoms with van der Waals surface area (Å²) >= 11 is 7.52. The smallest absolute Gasteiger partial charge is 0.241 e. The first-order valence-corrected chi connectivity index (χ1v) is 52.0. The fourth-order valence-corrected chi connectivity index (χ4v) is 23.7. The Morgan fingerprint density at radius 2 is 0.750 bits per heavy atom. The number of rotatable bonds is 41. The van der Waals surface area contributed by atoms with Crippen molar-refractivity contribution in [1.29, 1.82) is 0 Å². The van der Waals surface area contributed by atoms with Gasteiger partial charge in [0.1, 0.15) is 35.8 Å². The van der Waals surface area contributed by atoms with E-state index in [1.165, 1.54) is 19.6 Å². The molecule has 0 saturated heterocycles. The van der Waals surface area contributed by atoms with Crippen LogP contribution in [-0.4, -0.2) is 75.7 Å². The molecule has 4 aliphatic rings. The van der Waals surface area contributed by atoms with E-state index in [1.54, 1.807) is 6.07 Å². The van der Waals surface area contributed by atoms with Crippen LogP contribution in [0, 0.1) is 10.8 Å². The maximum atomic E-state index is 14.5. The summed E-state index contributed by atoms with van der Waals surface area (Å²) in [4.78, 5) is 23.0. The van der Waals surface area contributed by atoms with E-state index in [2.05, 4.69) is 378 Å². The van der Waals surface area contributed by atoms with E-state index in [0.29, 0.717) is 35.0 Å². The van der Waals surface area contributed by atoms with Crippen molar-refractivity contribution in [3.63, 3.8) is 0 Å². The third-order valence-electron chi connectivity index (χ3n) is 23.3. The average Bonchev–Trinajstić information content (AvgIpc) is 0.760. The molecule has 128 heavy (non-hydrogen) atoms. The van der Waals surface area contributed by atoms with Crippen molar-refractivity contribution in [2.75, 3.05) is 77.0 Å². The molecule has 0 fully saturated rings. The highest BCUT2D eigenvalue weighted by Gasteiger charge is 2.33. The maximum absolute atomic E-state index is 14.5. The van der Waals surface area contributed by atoms with Crippen molar-refractivity contribution in [3.05, 3.63) is 380 Å². The molecule has 1 N–H and O–H groups in total. The average molecular weight is 1810 g/mol. The van der Waals surface area contributed by atoms with Crippen molar-refractivity contribution in [2.45, 2.75) is 108 Å². The van der Waals surface area contributed by atoms with Gasteiger partial charge in [-0.15, -0.1) is 52.0 Å². The largest absolute Gasteiger partial charge is 0.456 e. The molecule has 0 bridgehead atoms. The highest BCUT2D eigenvalue weighted by molar-refractivity contribution is 8.29. The van der Waals surface area contributed by atoms with Gasteiger partial charge in [-0.1, -0.05) is 229 Å². The van der Waals surface area contributed by atoms with Gasteiger partial charge in [-0.2, -0.15) is 9.15 Å². The van der Waals surface area contributed by atoms with Crippen LogP contribution >= 0.6 is 57.4 Å². The summed E-state index contributed by atoms with van der Waals surface area (Å²) in [6.07, 6.45) is 7.99. The molecular weight excluding hydrogens is 1690 g/mol.